The Bertz CT molecular complexity index is 1180. The minimum atomic E-state index is -0.999. The van der Waals surface area contributed by atoms with Gasteiger partial charge in [-0.15, -0.1) is 0 Å². The number of para-hydroxylation sites is 1. The van der Waals surface area contributed by atoms with Gasteiger partial charge in [-0.3, -0.25) is 19.7 Å². The number of anilines is 3. The third-order valence-corrected chi connectivity index (χ3v) is 5.15. The Kier molecular flexibility index (Phi) is 9.55. The Labute approximate surface area is 209 Å². The first-order valence-corrected chi connectivity index (χ1v) is 11.4. The maximum Gasteiger partial charge on any atom is 0.374 e. The van der Waals surface area contributed by atoms with Gasteiger partial charge < -0.3 is 25.6 Å². The lowest BCUT2D eigenvalue weighted by Gasteiger charge is -2.18. The number of nitro benzene ring substituents is 1. The molecule has 0 radical (unpaired) electrons. The smallest absolute Gasteiger partial charge is 0.374 e. The maximum absolute atomic E-state index is 12.7. The van der Waals surface area contributed by atoms with E-state index in [0.717, 1.165) is 11.3 Å². The fraction of sp³-hybridized carbons (Fsp3) is 0.200. The van der Waals surface area contributed by atoms with Crippen molar-refractivity contribution in [1.82, 2.24) is 5.23 Å². The molecule has 1 atom stereocenters. The van der Waals surface area contributed by atoms with Gasteiger partial charge in [-0.2, -0.15) is 0 Å². The van der Waals surface area contributed by atoms with Crippen LogP contribution in [0, 0.1) is 10.1 Å². The molecule has 0 unspecified atom stereocenters. The summed E-state index contributed by atoms with van der Waals surface area (Å²) >= 11 is 0. The predicted molar refractivity (Wildman–Crippen MR) is 138 cm³/mol. The van der Waals surface area contributed by atoms with Crippen molar-refractivity contribution in [2.75, 3.05) is 10.6 Å². The number of benzene rings is 3. The molecule has 0 fully saturated rings. The van der Waals surface area contributed by atoms with Crippen molar-refractivity contribution in [3.63, 3.8) is 0 Å². The number of carbonyl (C=O) groups is 2. The molecule has 0 bridgehead atoms. The molecular weight excluding hydrogens is 463 g/mol. The second kappa shape index (κ2) is 13.0. The average Bonchev–Trinajstić information content (AvgIpc) is 2.87. The molecule has 0 aromatic heterocycles. The Morgan fingerprint density at radius 3 is 2.33 bits per heavy atom. The molecule has 0 aliphatic rings. The van der Waals surface area contributed by atoms with Gasteiger partial charge in [0.1, 0.15) is 6.61 Å². The Morgan fingerprint density at radius 2 is 1.69 bits per heavy atom. The molecule has 10 nitrogen and oxygen atoms in total. The van der Waals surface area contributed by atoms with E-state index < -0.39 is 29.9 Å². The van der Waals surface area contributed by atoms with Crippen molar-refractivity contribution in [3.05, 3.63) is 94.5 Å². The van der Waals surface area contributed by atoms with Crippen LogP contribution in [0.5, 0.6) is 0 Å². The molecule has 4 N–H and O–H groups in total. The summed E-state index contributed by atoms with van der Waals surface area (Å²) < 4.78 is 5.34. The van der Waals surface area contributed by atoms with Crippen molar-refractivity contribution in [2.45, 2.75) is 32.3 Å². The first kappa shape index (κ1) is 26.4. The molecule has 0 saturated heterocycles. The van der Waals surface area contributed by atoms with Crippen LogP contribution >= 0.6 is 0 Å². The van der Waals surface area contributed by atoms with Crippen LogP contribution in [-0.2, 0) is 20.9 Å². The Balaban J connectivity index is 1.65. The number of rotatable bonds is 12. The Morgan fingerprint density at radius 1 is 1.03 bits per heavy atom. The molecule has 0 spiro atoms. The Hall–Kier alpha value is -4.22. The molecule has 0 aliphatic carbocycles. The van der Waals surface area contributed by atoms with E-state index in [4.69, 9.17) is 4.74 Å². The third kappa shape index (κ3) is 8.22. The minimum absolute atomic E-state index is 0.0424. The summed E-state index contributed by atoms with van der Waals surface area (Å²) in [5.41, 5.74) is 2.07. The van der Waals surface area contributed by atoms with Crippen LogP contribution in [0.15, 0.2) is 78.9 Å². The average molecular weight is 490 g/mol. The number of carbonyl (C=O) groups excluding carboxylic acids is 2. The molecule has 0 aliphatic heterocycles. The highest BCUT2D eigenvalue weighted by atomic mass is 16.6. The number of hydrogen-bond donors (Lipinski definition) is 4. The quantitative estimate of drug-likeness (QED) is 0.130. The molecule has 3 rings (SSSR count). The SMILES string of the molecule is CB(O)N[C@@H](CCC(=O)Nc1cc([N+](=O)[O-])ccc1Nc1ccccc1)C(=O)OCc1ccccc1. The van der Waals surface area contributed by atoms with Crippen LogP contribution < -0.4 is 15.9 Å². The maximum atomic E-state index is 12.7. The molecule has 3 aromatic carbocycles. The zero-order valence-electron chi connectivity index (χ0n) is 19.7. The van der Waals surface area contributed by atoms with Crippen LogP contribution in [0.2, 0.25) is 6.82 Å². The number of nitrogens with one attached hydrogen (secondary N) is 3. The fourth-order valence-electron chi connectivity index (χ4n) is 3.41. The van der Waals surface area contributed by atoms with E-state index in [1.165, 1.54) is 25.0 Å². The minimum Gasteiger partial charge on any atom is -0.460 e. The summed E-state index contributed by atoms with van der Waals surface area (Å²) in [6, 6.07) is 21.5. The summed E-state index contributed by atoms with van der Waals surface area (Å²) in [6.45, 7) is 1.52. The van der Waals surface area contributed by atoms with Crippen LogP contribution in [0.25, 0.3) is 0 Å². The van der Waals surface area contributed by atoms with E-state index >= 15 is 0 Å². The number of esters is 1. The van der Waals surface area contributed by atoms with Crippen molar-refractivity contribution in [2.24, 2.45) is 0 Å². The standard InChI is InChI=1S/C25H27BN4O6/c1-26(33)29-22(25(32)36-17-18-8-4-2-5-9-18)14-15-24(31)28-23-16-20(30(34)35)12-13-21(23)27-19-10-6-3-7-11-19/h2-13,16,22,27,29,33H,14-15,17H2,1H3,(H,28,31)/t22-/m0/s1. The van der Waals surface area contributed by atoms with E-state index in [2.05, 4.69) is 15.9 Å². The molecule has 0 saturated carbocycles. The van der Waals surface area contributed by atoms with Crippen LogP contribution in [-0.4, -0.2) is 34.9 Å². The first-order valence-electron chi connectivity index (χ1n) is 11.4. The van der Waals surface area contributed by atoms with E-state index in [9.17, 15) is 24.7 Å². The monoisotopic (exact) mass is 490 g/mol. The normalized spacial score (nSPS) is 11.3. The van der Waals surface area contributed by atoms with Crippen molar-refractivity contribution in [3.8, 4) is 0 Å². The zero-order valence-corrected chi connectivity index (χ0v) is 19.7. The largest absolute Gasteiger partial charge is 0.460 e. The molecule has 3 aromatic rings. The lowest BCUT2D eigenvalue weighted by atomic mass is 9.86. The molecule has 36 heavy (non-hydrogen) atoms. The summed E-state index contributed by atoms with van der Waals surface area (Å²) in [4.78, 5) is 36.0. The zero-order chi connectivity index (χ0) is 25.9. The van der Waals surface area contributed by atoms with Crippen LogP contribution in [0.1, 0.15) is 18.4 Å². The van der Waals surface area contributed by atoms with Crippen molar-refractivity contribution >= 4 is 41.7 Å². The van der Waals surface area contributed by atoms with Gasteiger partial charge in [0, 0.05) is 24.2 Å². The van der Waals surface area contributed by atoms with E-state index in [0.29, 0.717) is 5.69 Å². The summed E-state index contributed by atoms with van der Waals surface area (Å²) in [6.07, 6.45) is -0.0565. The van der Waals surface area contributed by atoms with Gasteiger partial charge in [0.05, 0.1) is 22.3 Å². The third-order valence-electron chi connectivity index (χ3n) is 5.15. The van der Waals surface area contributed by atoms with Gasteiger partial charge in [-0.05, 0) is 37.0 Å². The van der Waals surface area contributed by atoms with Crippen molar-refractivity contribution in [1.29, 1.82) is 0 Å². The highest BCUT2D eigenvalue weighted by Gasteiger charge is 2.24. The highest BCUT2D eigenvalue weighted by Crippen LogP contribution is 2.30. The summed E-state index contributed by atoms with van der Waals surface area (Å²) in [5.74, 6) is -1.06. The number of hydrogen-bond acceptors (Lipinski definition) is 8. The fourth-order valence-corrected chi connectivity index (χ4v) is 3.41. The van der Waals surface area contributed by atoms with Gasteiger partial charge >= 0.3 is 13.0 Å². The highest BCUT2D eigenvalue weighted by molar-refractivity contribution is 6.46. The summed E-state index contributed by atoms with van der Waals surface area (Å²) in [5, 5.41) is 29.5. The second-order valence-corrected chi connectivity index (χ2v) is 8.05. The molecule has 11 heteroatoms. The number of nitrogens with zero attached hydrogens (tertiary/aromatic N) is 1. The van der Waals surface area contributed by atoms with Gasteiger partial charge in [-0.1, -0.05) is 48.5 Å². The molecule has 0 heterocycles. The lowest BCUT2D eigenvalue weighted by Crippen LogP contribution is -2.46. The van der Waals surface area contributed by atoms with Crippen molar-refractivity contribution < 1.29 is 24.3 Å². The predicted octanol–water partition coefficient (Wildman–Crippen LogP) is 3.87. The number of nitro groups is 1. The molecular formula is C25H27BN4O6. The van der Waals surface area contributed by atoms with Crippen LogP contribution in [0.3, 0.4) is 0 Å². The van der Waals surface area contributed by atoms with Gasteiger partial charge in [0.25, 0.3) is 5.69 Å². The number of amides is 1. The van der Waals surface area contributed by atoms with Gasteiger partial charge in [0.15, 0.2) is 0 Å². The number of ether oxygens (including phenoxy) is 1. The van der Waals surface area contributed by atoms with E-state index in [1.807, 2.05) is 60.7 Å². The lowest BCUT2D eigenvalue weighted by molar-refractivity contribution is -0.384. The van der Waals surface area contributed by atoms with E-state index in [-0.39, 0.29) is 30.8 Å². The summed E-state index contributed by atoms with van der Waals surface area (Å²) in [7, 11) is -0.999. The second-order valence-electron chi connectivity index (χ2n) is 8.05. The van der Waals surface area contributed by atoms with Crippen LogP contribution in [0.4, 0.5) is 22.7 Å². The van der Waals surface area contributed by atoms with E-state index in [1.54, 1.807) is 0 Å². The van der Waals surface area contributed by atoms with Gasteiger partial charge in [0.2, 0.25) is 5.91 Å². The molecule has 1 amide bonds. The van der Waals surface area contributed by atoms with Gasteiger partial charge in [-0.25, -0.2) is 0 Å². The number of non-ortho nitro benzene ring substituents is 1. The first-order chi connectivity index (χ1) is 17.3. The molecule has 186 valence electrons. The topological polar surface area (TPSA) is 143 Å².